The third-order valence-electron chi connectivity index (χ3n) is 1.88. The number of nitrogens with zero attached hydrogens (tertiary/aromatic N) is 1. The van der Waals surface area contributed by atoms with Crippen molar-refractivity contribution in [2.45, 2.75) is 0 Å². The summed E-state index contributed by atoms with van der Waals surface area (Å²) in [5, 5.41) is 2.58. The van der Waals surface area contributed by atoms with Gasteiger partial charge in [0.1, 0.15) is 0 Å². The molecule has 1 aromatic carbocycles. The Morgan fingerprint density at radius 3 is 2.57 bits per heavy atom. The van der Waals surface area contributed by atoms with Gasteiger partial charge in [0.2, 0.25) is 0 Å². The monoisotopic (exact) mass is 193 g/mol. The molecule has 0 bridgehead atoms. The van der Waals surface area contributed by atoms with Crippen molar-refractivity contribution in [2.75, 3.05) is 25.0 Å². The number of para-hydroxylation sites is 1. The van der Waals surface area contributed by atoms with Gasteiger partial charge in [0.05, 0.1) is 0 Å². The summed E-state index contributed by atoms with van der Waals surface area (Å²) in [7, 11) is 1.61. The van der Waals surface area contributed by atoms with Gasteiger partial charge in [-0.25, -0.2) is 4.79 Å². The van der Waals surface area contributed by atoms with Crippen molar-refractivity contribution in [1.29, 1.82) is 0 Å². The van der Waals surface area contributed by atoms with Crippen LogP contribution in [0.2, 0.25) is 0 Å². The van der Waals surface area contributed by atoms with E-state index in [2.05, 4.69) is 5.32 Å². The summed E-state index contributed by atoms with van der Waals surface area (Å²) in [5.74, 6) is 0. The van der Waals surface area contributed by atoms with Crippen LogP contribution in [0.3, 0.4) is 0 Å². The van der Waals surface area contributed by atoms with Crippen LogP contribution in [0.1, 0.15) is 0 Å². The molecule has 0 aliphatic rings. The molecule has 0 radical (unpaired) electrons. The molecule has 4 nitrogen and oxygen atoms in total. The van der Waals surface area contributed by atoms with Gasteiger partial charge in [-0.1, -0.05) is 18.2 Å². The largest absolute Gasteiger partial charge is 0.341 e. The standard InChI is InChI=1S/C10H15N3O/c1-12-10(14)13(8-7-11)9-5-3-2-4-6-9/h2-6H,7-8,11H2,1H3,(H,12,14). The van der Waals surface area contributed by atoms with E-state index in [1.807, 2.05) is 30.3 Å². The number of nitrogens with two attached hydrogens (primary N) is 1. The molecule has 0 unspecified atom stereocenters. The number of rotatable bonds is 3. The Bertz CT molecular complexity index is 287. The van der Waals surface area contributed by atoms with E-state index in [9.17, 15) is 4.79 Å². The molecule has 4 heteroatoms. The minimum atomic E-state index is -0.137. The highest BCUT2D eigenvalue weighted by Crippen LogP contribution is 2.12. The number of hydrogen-bond donors (Lipinski definition) is 2. The van der Waals surface area contributed by atoms with Crippen LogP contribution in [0, 0.1) is 0 Å². The molecule has 0 spiro atoms. The average molecular weight is 193 g/mol. The minimum Gasteiger partial charge on any atom is -0.341 e. The van der Waals surface area contributed by atoms with E-state index >= 15 is 0 Å². The molecule has 76 valence electrons. The molecule has 0 aromatic heterocycles. The quantitative estimate of drug-likeness (QED) is 0.745. The van der Waals surface area contributed by atoms with Crippen molar-refractivity contribution in [2.24, 2.45) is 5.73 Å². The van der Waals surface area contributed by atoms with E-state index in [0.717, 1.165) is 5.69 Å². The Labute approximate surface area is 83.7 Å². The van der Waals surface area contributed by atoms with Gasteiger partial charge in [-0.3, -0.25) is 4.90 Å². The van der Waals surface area contributed by atoms with E-state index in [1.54, 1.807) is 11.9 Å². The molecule has 1 aromatic rings. The summed E-state index contributed by atoms with van der Waals surface area (Å²) in [6.07, 6.45) is 0. The van der Waals surface area contributed by atoms with E-state index in [1.165, 1.54) is 0 Å². The molecule has 2 amide bonds. The molecule has 0 saturated carbocycles. The minimum absolute atomic E-state index is 0.137. The lowest BCUT2D eigenvalue weighted by Crippen LogP contribution is -2.41. The molecule has 0 saturated heterocycles. The van der Waals surface area contributed by atoms with Crippen LogP contribution in [-0.4, -0.2) is 26.2 Å². The first-order chi connectivity index (χ1) is 6.79. The molecule has 0 aliphatic heterocycles. The first-order valence-electron chi connectivity index (χ1n) is 4.54. The zero-order chi connectivity index (χ0) is 10.4. The smallest absolute Gasteiger partial charge is 0.321 e. The summed E-state index contributed by atoms with van der Waals surface area (Å²) in [6.45, 7) is 0.964. The number of nitrogens with one attached hydrogen (secondary N) is 1. The fourth-order valence-corrected chi connectivity index (χ4v) is 1.22. The SMILES string of the molecule is CNC(=O)N(CCN)c1ccccc1. The fourth-order valence-electron chi connectivity index (χ4n) is 1.22. The van der Waals surface area contributed by atoms with Crippen molar-refractivity contribution in [3.05, 3.63) is 30.3 Å². The van der Waals surface area contributed by atoms with Crippen LogP contribution in [0.15, 0.2) is 30.3 Å². The second-order valence-corrected chi connectivity index (χ2v) is 2.83. The lowest BCUT2D eigenvalue weighted by molar-refractivity contribution is 0.248. The van der Waals surface area contributed by atoms with Gasteiger partial charge in [0.25, 0.3) is 0 Å². The van der Waals surface area contributed by atoms with Crippen molar-refractivity contribution in [1.82, 2.24) is 5.32 Å². The lowest BCUT2D eigenvalue weighted by atomic mass is 10.3. The van der Waals surface area contributed by atoms with Crippen molar-refractivity contribution in [3.63, 3.8) is 0 Å². The summed E-state index contributed by atoms with van der Waals surface area (Å²) in [6, 6.07) is 9.31. The van der Waals surface area contributed by atoms with Crippen molar-refractivity contribution >= 4 is 11.7 Å². The van der Waals surface area contributed by atoms with E-state index < -0.39 is 0 Å². The second kappa shape index (κ2) is 5.24. The van der Waals surface area contributed by atoms with Crippen LogP contribution in [-0.2, 0) is 0 Å². The number of carbonyl (C=O) groups is 1. The predicted octanol–water partition coefficient (Wildman–Crippen LogP) is 0.791. The Morgan fingerprint density at radius 1 is 1.43 bits per heavy atom. The number of anilines is 1. The fraction of sp³-hybridized carbons (Fsp3) is 0.300. The van der Waals surface area contributed by atoms with E-state index in [-0.39, 0.29) is 6.03 Å². The first-order valence-corrected chi connectivity index (χ1v) is 4.54. The molecular weight excluding hydrogens is 178 g/mol. The van der Waals surface area contributed by atoms with Gasteiger partial charge in [0.15, 0.2) is 0 Å². The van der Waals surface area contributed by atoms with Gasteiger partial charge in [-0.2, -0.15) is 0 Å². The zero-order valence-corrected chi connectivity index (χ0v) is 8.23. The Kier molecular flexibility index (Phi) is 3.94. The maximum atomic E-state index is 11.5. The van der Waals surface area contributed by atoms with Gasteiger partial charge in [-0.05, 0) is 12.1 Å². The number of benzene rings is 1. The van der Waals surface area contributed by atoms with Crippen LogP contribution in [0.4, 0.5) is 10.5 Å². The number of hydrogen-bond acceptors (Lipinski definition) is 2. The highest BCUT2D eigenvalue weighted by atomic mass is 16.2. The highest BCUT2D eigenvalue weighted by Gasteiger charge is 2.11. The maximum Gasteiger partial charge on any atom is 0.321 e. The Hall–Kier alpha value is -1.55. The third kappa shape index (κ3) is 2.47. The summed E-state index contributed by atoms with van der Waals surface area (Å²) >= 11 is 0. The highest BCUT2D eigenvalue weighted by molar-refractivity contribution is 5.91. The topological polar surface area (TPSA) is 58.4 Å². The number of urea groups is 1. The lowest BCUT2D eigenvalue weighted by Gasteiger charge is -2.21. The molecule has 3 N–H and O–H groups in total. The van der Waals surface area contributed by atoms with Crippen LogP contribution in [0.5, 0.6) is 0 Å². The second-order valence-electron chi connectivity index (χ2n) is 2.83. The van der Waals surface area contributed by atoms with Crippen molar-refractivity contribution < 1.29 is 4.79 Å². The molecule has 1 rings (SSSR count). The van der Waals surface area contributed by atoms with Crippen LogP contribution < -0.4 is 16.0 Å². The first kappa shape index (κ1) is 10.5. The number of carbonyl (C=O) groups excluding carboxylic acids is 1. The maximum absolute atomic E-state index is 11.5. The molecule has 0 atom stereocenters. The molecule has 14 heavy (non-hydrogen) atoms. The van der Waals surface area contributed by atoms with E-state index in [4.69, 9.17) is 5.73 Å². The molecular formula is C10H15N3O. The van der Waals surface area contributed by atoms with Gasteiger partial charge >= 0.3 is 6.03 Å². The van der Waals surface area contributed by atoms with E-state index in [0.29, 0.717) is 13.1 Å². The Morgan fingerprint density at radius 2 is 2.07 bits per heavy atom. The van der Waals surface area contributed by atoms with Crippen molar-refractivity contribution in [3.8, 4) is 0 Å². The molecule has 0 fully saturated rings. The van der Waals surface area contributed by atoms with Crippen LogP contribution in [0.25, 0.3) is 0 Å². The Balaban J connectivity index is 2.83. The summed E-state index contributed by atoms with van der Waals surface area (Å²) in [4.78, 5) is 13.1. The summed E-state index contributed by atoms with van der Waals surface area (Å²) in [5.41, 5.74) is 6.30. The normalized spacial score (nSPS) is 9.57. The molecule has 0 aliphatic carbocycles. The predicted molar refractivity (Wildman–Crippen MR) is 57.3 cm³/mol. The van der Waals surface area contributed by atoms with Gasteiger partial charge in [0, 0.05) is 25.8 Å². The van der Waals surface area contributed by atoms with Gasteiger partial charge in [-0.15, -0.1) is 0 Å². The zero-order valence-electron chi connectivity index (χ0n) is 8.23. The number of amides is 2. The molecule has 0 heterocycles. The van der Waals surface area contributed by atoms with Crippen LogP contribution >= 0.6 is 0 Å². The van der Waals surface area contributed by atoms with Gasteiger partial charge < -0.3 is 11.1 Å². The third-order valence-corrected chi connectivity index (χ3v) is 1.88. The average Bonchev–Trinajstić information content (AvgIpc) is 2.26. The summed E-state index contributed by atoms with van der Waals surface area (Å²) < 4.78 is 0.